The van der Waals surface area contributed by atoms with Crippen molar-refractivity contribution >= 4 is 28.8 Å². The van der Waals surface area contributed by atoms with Gasteiger partial charge in [0.2, 0.25) is 5.91 Å². The molecule has 184 valence electrons. The number of aromatic nitrogens is 1. The second kappa shape index (κ2) is 9.95. The van der Waals surface area contributed by atoms with Gasteiger partial charge in [-0.1, -0.05) is 19.3 Å². The minimum absolute atomic E-state index is 0.0279. The molecule has 2 aliphatic rings. The molecule has 34 heavy (non-hydrogen) atoms. The third-order valence-electron chi connectivity index (χ3n) is 7.34. The highest BCUT2D eigenvalue weighted by Crippen LogP contribution is 2.29. The average molecular weight is 471 g/mol. The highest BCUT2D eigenvalue weighted by Gasteiger charge is 2.38. The molecule has 4 rings (SSSR count). The summed E-state index contributed by atoms with van der Waals surface area (Å²) in [5.41, 5.74) is 1.50. The van der Waals surface area contributed by atoms with Gasteiger partial charge in [0.25, 0.3) is 5.91 Å². The summed E-state index contributed by atoms with van der Waals surface area (Å²) in [6, 6.07) is 6.70. The molecule has 1 saturated heterocycles. The fourth-order valence-electron chi connectivity index (χ4n) is 5.43. The molecule has 0 radical (unpaired) electrons. The van der Waals surface area contributed by atoms with E-state index in [1.807, 2.05) is 42.8 Å². The zero-order valence-electron chi connectivity index (χ0n) is 20.1. The van der Waals surface area contributed by atoms with Crippen molar-refractivity contribution in [1.82, 2.24) is 19.7 Å². The number of carbonyl (C=O) groups excluding carboxylic acids is 2. The lowest BCUT2D eigenvalue weighted by Gasteiger charge is -2.42. The summed E-state index contributed by atoms with van der Waals surface area (Å²) < 4.78 is 7.19. The van der Waals surface area contributed by atoms with Gasteiger partial charge in [-0.05, 0) is 43.9 Å². The number of rotatable bonds is 5. The molecule has 1 aliphatic heterocycles. The van der Waals surface area contributed by atoms with Gasteiger partial charge in [-0.25, -0.2) is 4.79 Å². The van der Waals surface area contributed by atoms with E-state index < -0.39 is 12.1 Å². The van der Waals surface area contributed by atoms with Crippen LogP contribution in [-0.4, -0.2) is 76.2 Å². The molecule has 2 N–H and O–H groups in total. The number of piperazine rings is 1. The summed E-state index contributed by atoms with van der Waals surface area (Å²) in [5, 5.41) is 12.8. The molecule has 2 heterocycles. The molecule has 1 aromatic heterocycles. The number of ether oxygens (including phenoxy) is 1. The van der Waals surface area contributed by atoms with Gasteiger partial charge in [0.05, 0.1) is 12.6 Å². The van der Waals surface area contributed by atoms with Crippen LogP contribution in [0.1, 0.15) is 49.5 Å². The van der Waals surface area contributed by atoms with Crippen LogP contribution >= 0.6 is 0 Å². The molecule has 1 aromatic carbocycles. The van der Waals surface area contributed by atoms with E-state index in [2.05, 4.69) is 5.32 Å². The Labute approximate surface area is 199 Å². The fraction of sp³-hybridized carbons (Fsp3) is 0.560. The van der Waals surface area contributed by atoms with Crippen molar-refractivity contribution in [3.8, 4) is 5.75 Å². The summed E-state index contributed by atoms with van der Waals surface area (Å²) in [7, 11) is 3.48. The van der Waals surface area contributed by atoms with Gasteiger partial charge in [-0.15, -0.1) is 0 Å². The molecule has 2 aromatic rings. The Bertz CT molecular complexity index is 1070. The molecule has 1 unspecified atom stereocenters. The molecule has 0 spiro atoms. The maximum Gasteiger partial charge on any atom is 0.405 e. The third kappa shape index (κ3) is 4.69. The summed E-state index contributed by atoms with van der Waals surface area (Å²) in [5.74, 6) is 0.505. The quantitative estimate of drug-likeness (QED) is 0.699. The smallest absolute Gasteiger partial charge is 0.405 e. The van der Waals surface area contributed by atoms with Crippen molar-refractivity contribution in [2.75, 3.05) is 26.7 Å². The number of nitrogens with zero attached hydrogens (tertiary/aromatic N) is 3. The topological polar surface area (TPSA) is 104 Å². The van der Waals surface area contributed by atoms with Crippen LogP contribution in [-0.2, 0) is 11.8 Å². The van der Waals surface area contributed by atoms with Crippen LogP contribution in [0.4, 0.5) is 4.79 Å². The lowest BCUT2D eigenvalue weighted by Crippen LogP contribution is -2.60. The SMILES string of the molecule is COc1ccc2cc(C(=O)N3CCN(C(=O)C(NC(=O)O)C4CCCCC4)C[C@@H]3C)n(C)c2c1. The van der Waals surface area contributed by atoms with Crippen molar-refractivity contribution in [2.45, 2.75) is 51.1 Å². The normalized spacial score (nSPS) is 20.3. The van der Waals surface area contributed by atoms with E-state index in [0.717, 1.165) is 48.8 Å². The number of aryl methyl sites for hydroxylation is 1. The zero-order valence-corrected chi connectivity index (χ0v) is 20.1. The first-order chi connectivity index (χ1) is 16.3. The van der Waals surface area contributed by atoms with Crippen LogP contribution in [0.2, 0.25) is 0 Å². The molecule has 9 heteroatoms. The lowest BCUT2D eigenvalue weighted by molar-refractivity contribution is -0.137. The van der Waals surface area contributed by atoms with Crippen molar-refractivity contribution in [1.29, 1.82) is 0 Å². The van der Waals surface area contributed by atoms with Gasteiger partial charge in [0.15, 0.2) is 0 Å². The van der Waals surface area contributed by atoms with Crippen LogP contribution in [0.15, 0.2) is 24.3 Å². The second-order valence-corrected chi connectivity index (χ2v) is 9.47. The maximum absolute atomic E-state index is 13.4. The number of carbonyl (C=O) groups is 3. The number of methoxy groups -OCH3 is 1. The number of fused-ring (bicyclic) bond motifs is 1. The standard InChI is InChI=1S/C25H34N4O5/c1-16-15-28(24(31)22(26-25(32)33)17-7-5-4-6-8-17)11-12-29(16)23(30)21-13-18-9-10-19(34-3)14-20(18)27(21)2/h9-10,13-14,16-17,22,26H,4-8,11-12,15H2,1-3H3,(H,32,33)/t16-,22?/m0/s1. The first-order valence-corrected chi connectivity index (χ1v) is 12.0. The minimum Gasteiger partial charge on any atom is -0.497 e. The molecule has 1 saturated carbocycles. The second-order valence-electron chi connectivity index (χ2n) is 9.47. The van der Waals surface area contributed by atoms with E-state index in [1.165, 1.54) is 0 Å². The van der Waals surface area contributed by atoms with E-state index in [0.29, 0.717) is 25.3 Å². The number of hydrogen-bond donors (Lipinski definition) is 2. The number of amides is 3. The highest BCUT2D eigenvalue weighted by molar-refractivity contribution is 5.99. The van der Waals surface area contributed by atoms with Crippen LogP contribution in [0, 0.1) is 5.92 Å². The molecule has 0 bridgehead atoms. The largest absolute Gasteiger partial charge is 0.497 e. The molecule has 9 nitrogen and oxygen atoms in total. The molecular formula is C25H34N4O5. The van der Waals surface area contributed by atoms with Crippen LogP contribution in [0.3, 0.4) is 0 Å². The Morgan fingerprint density at radius 1 is 1.12 bits per heavy atom. The van der Waals surface area contributed by atoms with Crippen molar-refractivity contribution in [3.05, 3.63) is 30.0 Å². The Kier molecular flexibility index (Phi) is 7.00. The maximum atomic E-state index is 13.4. The van der Waals surface area contributed by atoms with Crippen LogP contribution in [0.5, 0.6) is 5.75 Å². The number of hydrogen-bond acceptors (Lipinski definition) is 4. The molecule has 2 fully saturated rings. The fourth-order valence-corrected chi connectivity index (χ4v) is 5.43. The monoisotopic (exact) mass is 470 g/mol. The third-order valence-corrected chi connectivity index (χ3v) is 7.34. The van der Waals surface area contributed by atoms with Gasteiger partial charge < -0.3 is 29.5 Å². The predicted molar refractivity (Wildman–Crippen MR) is 128 cm³/mol. The Balaban J connectivity index is 1.47. The van der Waals surface area contributed by atoms with Gasteiger partial charge in [0, 0.05) is 44.2 Å². The minimum atomic E-state index is -1.17. The predicted octanol–water partition coefficient (Wildman–Crippen LogP) is 3.08. The van der Waals surface area contributed by atoms with E-state index in [-0.39, 0.29) is 23.8 Å². The number of nitrogens with one attached hydrogen (secondary N) is 1. The molecular weight excluding hydrogens is 436 g/mol. The van der Waals surface area contributed by atoms with Gasteiger partial charge in [0.1, 0.15) is 17.5 Å². The Hall–Kier alpha value is -3.23. The van der Waals surface area contributed by atoms with Gasteiger partial charge in [-0.2, -0.15) is 0 Å². The number of carboxylic acid groups (broad SMARTS) is 1. The Morgan fingerprint density at radius 2 is 1.85 bits per heavy atom. The van der Waals surface area contributed by atoms with Gasteiger partial charge >= 0.3 is 6.09 Å². The molecule has 2 atom stereocenters. The van der Waals surface area contributed by atoms with E-state index >= 15 is 0 Å². The Morgan fingerprint density at radius 3 is 2.50 bits per heavy atom. The average Bonchev–Trinajstić information content (AvgIpc) is 3.17. The van der Waals surface area contributed by atoms with E-state index in [4.69, 9.17) is 4.74 Å². The van der Waals surface area contributed by atoms with Crippen molar-refractivity contribution in [2.24, 2.45) is 13.0 Å². The van der Waals surface area contributed by atoms with E-state index in [9.17, 15) is 19.5 Å². The van der Waals surface area contributed by atoms with Crippen molar-refractivity contribution in [3.63, 3.8) is 0 Å². The summed E-state index contributed by atoms with van der Waals surface area (Å²) >= 11 is 0. The molecule has 1 aliphatic carbocycles. The van der Waals surface area contributed by atoms with Crippen LogP contribution in [0.25, 0.3) is 10.9 Å². The first kappa shape index (κ1) is 23.9. The summed E-state index contributed by atoms with van der Waals surface area (Å²) in [4.78, 5) is 41.7. The van der Waals surface area contributed by atoms with Crippen LogP contribution < -0.4 is 10.1 Å². The lowest BCUT2D eigenvalue weighted by atomic mass is 9.83. The van der Waals surface area contributed by atoms with Gasteiger partial charge in [-0.3, -0.25) is 9.59 Å². The zero-order chi connectivity index (χ0) is 24.4. The first-order valence-electron chi connectivity index (χ1n) is 12.0. The van der Waals surface area contributed by atoms with Crippen molar-refractivity contribution < 1.29 is 24.2 Å². The summed E-state index contributed by atoms with van der Waals surface area (Å²) in [6.45, 7) is 3.11. The van der Waals surface area contributed by atoms with E-state index in [1.54, 1.807) is 16.9 Å². The highest BCUT2D eigenvalue weighted by atomic mass is 16.5. The molecule has 3 amide bonds. The number of benzene rings is 1. The summed E-state index contributed by atoms with van der Waals surface area (Å²) in [6.07, 6.45) is 3.71.